The van der Waals surface area contributed by atoms with Crippen LogP contribution in [0.15, 0.2) is 48.2 Å². The van der Waals surface area contributed by atoms with E-state index in [9.17, 15) is 14.9 Å². The van der Waals surface area contributed by atoms with E-state index in [0.717, 1.165) is 18.4 Å². The van der Waals surface area contributed by atoms with Crippen LogP contribution in [-0.4, -0.2) is 25.6 Å². The molecule has 162 valence electrons. The van der Waals surface area contributed by atoms with Gasteiger partial charge < -0.3 is 20.1 Å². The smallest absolute Gasteiger partial charge is 0.340 e. The first-order chi connectivity index (χ1) is 14.9. The molecule has 0 fully saturated rings. The first-order valence-electron chi connectivity index (χ1n) is 9.69. The lowest BCUT2D eigenvalue weighted by Gasteiger charge is -2.12. The number of nitrogens with one attached hydrogen (secondary N) is 2. The van der Waals surface area contributed by atoms with Crippen LogP contribution in [0.1, 0.15) is 35.7 Å². The molecule has 0 atom stereocenters. The maximum Gasteiger partial charge on any atom is 0.340 e. The van der Waals surface area contributed by atoms with Gasteiger partial charge in [-0.25, -0.2) is 4.79 Å². The highest BCUT2D eigenvalue weighted by Gasteiger charge is 2.17. The summed E-state index contributed by atoms with van der Waals surface area (Å²) in [6.45, 7) is 4.12. The van der Waals surface area contributed by atoms with E-state index in [-0.39, 0.29) is 16.8 Å². The molecule has 31 heavy (non-hydrogen) atoms. The molecule has 2 aromatic rings. The normalized spacial score (nSPS) is 10.7. The SMILES string of the molecule is CCCCOC(=O)c1ccccc1NC(=O)/C(C#N)=C\Nc1cc(C)c(Cl)cc1OC. The average molecular weight is 442 g/mol. The fraction of sp³-hybridized carbons (Fsp3) is 0.261. The number of aryl methyl sites for hydroxylation is 1. The summed E-state index contributed by atoms with van der Waals surface area (Å²) in [5.41, 5.74) is 1.63. The minimum Gasteiger partial charge on any atom is -0.495 e. The van der Waals surface area contributed by atoms with Crippen molar-refractivity contribution in [3.8, 4) is 11.8 Å². The van der Waals surface area contributed by atoms with E-state index in [0.29, 0.717) is 23.1 Å². The van der Waals surface area contributed by atoms with Crippen molar-refractivity contribution in [1.29, 1.82) is 5.26 Å². The number of anilines is 2. The number of benzene rings is 2. The van der Waals surface area contributed by atoms with Gasteiger partial charge >= 0.3 is 5.97 Å². The Morgan fingerprint density at radius 2 is 1.97 bits per heavy atom. The van der Waals surface area contributed by atoms with Gasteiger partial charge in [0.15, 0.2) is 0 Å². The molecule has 7 nitrogen and oxygen atoms in total. The molecule has 0 aliphatic carbocycles. The van der Waals surface area contributed by atoms with Crippen molar-refractivity contribution < 1.29 is 19.1 Å². The number of nitriles is 1. The molecule has 0 unspecified atom stereocenters. The number of carbonyl (C=O) groups is 2. The maximum atomic E-state index is 12.6. The highest BCUT2D eigenvalue weighted by molar-refractivity contribution is 6.31. The Balaban J connectivity index is 2.19. The lowest BCUT2D eigenvalue weighted by atomic mass is 10.1. The molecule has 2 aromatic carbocycles. The minimum absolute atomic E-state index is 0.191. The summed E-state index contributed by atoms with van der Waals surface area (Å²) in [5, 5.41) is 15.5. The number of nitrogens with zero attached hydrogens (tertiary/aromatic N) is 1. The topological polar surface area (TPSA) is 100 Å². The Labute approximate surface area is 186 Å². The van der Waals surface area contributed by atoms with Crippen LogP contribution >= 0.6 is 11.6 Å². The number of para-hydroxylation sites is 1. The summed E-state index contributed by atoms with van der Waals surface area (Å²) in [7, 11) is 1.49. The fourth-order valence-corrected chi connectivity index (χ4v) is 2.74. The van der Waals surface area contributed by atoms with Gasteiger partial charge in [-0.3, -0.25) is 4.79 Å². The van der Waals surface area contributed by atoms with Gasteiger partial charge in [0.25, 0.3) is 5.91 Å². The summed E-state index contributed by atoms with van der Waals surface area (Å²) in [5.74, 6) is -0.746. The second kappa shape index (κ2) is 11.6. The third-order valence-corrected chi connectivity index (χ3v) is 4.75. The molecule has 0 heterocycles. The summed E-state index contributed by atoms with van der Waals surface area (Å²) < 4.78 is 10.5. The highest BCUT2D eigenvalue weighted by atomic mass is 35.5. The molecule has 0 aliphatic heterocycles. The standard InChI is InChI=1S/C23H24ClN3O4/c1-4-5-10-31-23(29)17-8-6-7-9-19(17)27-22(28)16(13-25)14-26-20-11-15(2)18(24)12-21(20)30-3/h6-9,11-12,14,26H,4-5,10H2,1-3H3,(H,27,28)/b16-14-. The predicted molar refractivity (Wildman–Crippen MR) is 120 cm³/mol. The summed E-state index contributed by atoms with van der Waals surface area (Å²) in [6, 6.07) is 11.7. The summed E-state index contributed by atoms with van der Waals surface area (Å²) >= 11 is 6.10. The monoisotopic (exact) mass is 441 g/mol. The van der Waals surface area contributed by atoms with Gasteiger partial charge in [0, 0.05) is 17.3 Å². The molecule has 1 amide bonds. The van der Waals surface area contributed by atoms with Crippen LogP contribution in [0.4, 0.5) is 11.4 Å². The van der Waals surface area contributed by atoms with Gasteiger partial charge in [0.2, 0.25) is 0 Å². The van der Waals surface area contributed by atoms with Crippen LogP contribution in [0.3, 0.4) is 0 Å². The van der Waals surface area contributed by atoms with E-state index in [4.69, 9.17) is 21.1 Å². The van der Waals surface area contributed by atoms with Crippen molar-refractivity contribution in [1.82, 2.24) is 0 Å². The zero-order chi connectivity index (χ0) is 22.8. The number of halogens is 1. The largest absolute Gasteiger partial charge is 0.495 e. The number of rotatable bonds is 9. The molecular weight excluding hydrogens is 418 g/mol. The van der Waals surface area contributed by atoms with E-state index < -0.39 is 11.9 Å². The Bertz CT molecular complexity index is 1030. The van der Waals surface area contributed by atoms with E-state index in [1.165, 1.54) is 13.3 Å². The van der Waals surface area contributed by atoms with Gasteiger partial charge in [0.1, 0.15) is 17.4 Å². The molecule has 2 rings (SSSR count). The Kier molecular flexibility index (Phi) is 8.92. The lowest BCUT2D eigenvalue weighted by molar-refractivity contribution is -0.112. The zero-order valence-electron chi connectivity index (χ0n) is 17.6. The Morgan fingerprint density at radius 1 is 1.23 bits per heavy atom. The van der Waals surface area contributed by atoms with E-state index in [1.54, 1.807) is 36.4 Å². The molecule has 0 aliphatic rings. The Hall–Kier alpha value is -3.50. The molecule has 0 saturated heterocycles. The number of ether oxygens (including phenoxy) is 2. The number of hydrogen-bond donors (Lipinski definition) is 2. The quantitative estimate of drug-likeness (QED) is 0.244. The second-order valence-corrected chi connectivity index (χ2v) is 7.01. The van der Waals surface area contributed by atoms with Crippen molar-refractivity contribution in [2.45, 2.75) is 26.7 Å². The molecular formula is C23H24ClN3O4. The molecule has 8 heteroatoms. The van der Waals surface area contributed by atoms with Gasteiger partial charge in [-0.2, -0.15) is 5.26 Å². The van der Waals surface area contributed by atoms with Crippen LogP contribution < -0.4 is 15.4 Å². The van der Waals surface area contributed by atoms with Crippen LogP contribution in [0.25, 0.3) is 0 Å². The molecule has 2 N–H and O–H groups in total. The zero-order valence-corrected chi connectivity index (χ0v) is 18.4. The average Bonchev–Trinajstić information content (AvgIpc) is 2.76. The molecule has 0 bridgehead atoms. The molecule has 0 radical (unpaired) electrons. The van der Waals surface area contributed by atoms with Crippen molar-refractivity contribution >= 4 is 34.9 Å². The molecule has 0 aromatic heterocycles. The van der Waals surface area contributed by atoms with E-state index in [1.807, 2.05) is 19.9 Å². The highest BCUT2D eigenvalue weighted by Crippen LogP contribution is 2.31. The molecule has 0 spiro atoms. The van der Waals surface area contributed by atoms with E-state index >= 15 is 0 Å². The predicted octanol–water partition coefficient (Wildman–Crippen LogP) is 5.07. The van der Waals surface area contributed by atoms with E-state index in [2.05, 4.69) is 10.6 Å². The second-order valence-electron chi connectivity index (χ2n) is 6.61. The number of methoxy groups -OCH3 is 1. The first kappa shape index (κ1) is 23.8. The number of unbranched alkanes of at least 4 members (excludes halogenated alkanes) is 1. The fourth-order valence-electron chi connectivity index (χ4n) is 2.59. The number of carbonyl (C=O) groups excluding carboxylic acids is 2. The van der Waals surface area contributed by atoms with Gasteiger partial charge in [-0.1, -0.05) is 37.1 Å². The van der Waals surface area contributed by atoms with Crippen molar-refractivity contribution in [2.24, 2.45) is 0 Å². The number of amides is 1. The molecule has 0 saturated carbocycles. The van der Waals surface area contributed by atoms with Gasteiger partial charge in [-0.15, -0.1) is 0 Å². The van der Waals surface area contributed by atoms with Crippen molar-refractivity contribution in [2.75, 3.05) is 24.4 Å². The number of esters is 1. The van der Waals surface area contributed by atoms with Crippen LogP contribution in [0.2, 0.25) is 5.02 Å². The van der Waals surface area contributed by atoms with Crippen LogP contribution in [-0.2, 0) is 9.53 Å². The van der Waals surface area contributed by atoms with Crippen LogP contribution in [0, 0.1) is 18.3 Å². The lowest BCUT2D eigenvalue weighted by Crippen LogP contribution is -2.18. The van der Waals surface area contributed by atoms with Crippen molar-refractivity contribution in [3.63, 3.8) is 0 Å². The van der Waals surface area contributed by atoms with Gasteiger partial charge in [0.05, 0.1) is 30.7 Å². The third kappa shape index (κ3) is 6.49. The van der Waals surface area contributed by atoms with Crippen molar-refractivity contribution in [3.05, 3.63) is 64.3 Å². The first-order valence-corrected chi connectivity index (χ1v) is 10.1. The maximum absolute atomic E-state index is 12.6. The summed E-state index contributed by atoms with van der Waals surface area (Å²) in [6.07, 6.45) is 2.91. The van der Waals surface area contributed by atoms with Gasteiger partial charge in [-0.05, 0) is 37.1 Å². The third-order valence-electron chi connectivity index (χ3n) is 4.34. The minimum atomic E-state index is -0.673. The summed E-state index contributed by atoms with van der Waals surface area (Å²) in [4.78, 5) is 24.9. The number of hydrogen-bond acceptors (Lipinski definition) is 6. The Morgan fingerprint density at radius 3 is 2.65 bits per heavy atom. The van der Waals surface area contributed by atoms with Crippen LogP contribution in [0.5, 0.6) is 5.75 Å².